The van der Waals surface area contributed by atoms with Crippen LogP contribution in [0.25, 0.3) is 0 Å². The van der Waals surface area contributed by atoms with Crippen molar-refractivity contribution in [2.45, 2.75) is 20.4 Å². The molecule has 2 N–H and O–H groups in total. The Morgan fingerprint density at radius 3 is 2.77 bits per heavy atom. The Balaban J connectivity index is 1.92. The normalized spacial score (nSPS) is 10.3. The zero-order valence-electron chi connectivity index (χ0n) is 12.8. The number of carbonyl (C=O) groups excluding carboxylic acids is 1. The highest BCUT2D eigenvalue weighted by molar-refractivity contribution is 5.93. The fraction of sp³-hybridized carbons (Fsp3) is 0.312. The second-order valence-corrected chi connectivity index (χ2v) is 4.86. The van der Waals surface area contributed by atoms with Crippen molar-refractivity contribution in [1.29, 1.82) is 0 Å². The summed E-state index contributed by atoms with van der Waals surface area (Å²) in [6.07, 6.45) is 3.41. The zero-order chi connectivity index (χ0) is 15.9. The first-order valence-electron chi connectivity index (χ1n) is 7.26. The lowest BCUT2D eigenvalue weighted by Gasteiger charge is -2.10. The van der Waals surface area contributed by atoms with Crippen LogP contribution in [-0.4, -0.2) is 28.5 Å². The molecule has 2 heterocycles. The van der Waals surface area contributed by atoms with Crippen molar-refractivity contribution in [1.82, 2.24) is 14.9 Å². The van der Waals surface area contributed by atoms with Crippen molar-refractivity contribution in [3.05, 3.63) is 58.3 Å². The van der Waals surface area contributed by atoms with E-state index in [1.165, 1.54) is 0 Å². The molecule has 2 aromatic heterocycles. The van der Waals surface area contributed by atoms with E-state index in [2.05, 4.69) is 15.6 Å². The molecule has 2 rings (SSSR count). The van der Waals surface area contributed by atoms with Gasteiger partial charge in [-0.3, -0.25) is 14.6 Å². The minimum absolute atomic E-state index is 0.175. The number of rotatable bonds is 6. The molecule has 116 valence electrons. The molecule has 0 radical (unpaired) electrons. The molecule has 0 fully saturated rings. The minimum Gasteiger partial charge on any atom is -0.382 e. The van der Waals surface area contributed by atoms with E-state index in [0.29, 0.717) is 19.6 Å². The molecule has 0 aliphatic rings. The summed E-state index contributed by atoms with van der Waals surface area (Å²) in [7, 11) is 0. The maximum atomic E-state index is 12.2. The third-order valence-corrected chi connectivity index (χ3v) is 3.35. The average molecular weight is 300 g/mol. The number of pyridine rings is 2. The van der Waals surface area contributed by atoms with E-state index in [9.17, 15) is 9.59 Å². The summed E-state index contributed by atoms with van der Waals surface area (Å²) in [5, 5.41) is 5.88. The van der Waals surface area contributed by atoms with Gasteiger partial charge in [0.2, 0.25) is 0 Å². The summed E-state index contributed by atoms with van der Waals surface area (Å²) in [4.78, 5) is 28.3. The quantitative estimate of drug-likeness (QED) is 0.791. The van der Waals surface area contributed by atoms with Crippen molar-refractivity contribution < 1.29 is 4.79 Å². The highest BCUT2D eigenvalue weighted by atomic mass is 16.2. The molecule has 0 aliphatic heterocycles. The van der Waals surface area contributed by atoms with Crippen molar-refractivity contribution in [2.75, 3.05) is 18.4 Å². The van der Waals surface area contributed by atoms with Gasteiger partial charge in [0, 0.05) is 37.7 Å². The first-order valence-corrected chi connectivity index (χ1v) is 7.26. The first kappa shape index (κ1) is 15.8. The lowest BCUT2D eigenvalue weighted by Crippen LogP contribution is -2.35. The van der Waals surface area contributed by atoms with Gasteiger partial charge in [0.05, 0.1) is 5.69 Å². The maximum absolute atomic E-state index is 12.2. The molecule has 22 heavy (non-hydrogen) atoms. The van der Waals surface area contributed by atoms with Crippen LogP contribution in [0.2, 0.25) is 0 Å². The molecule has 1 amide bonds. The van der Waals surface area contributed by atoms with Gasteiger partial charge in [-0.2, -0.15) is 0 Å². The smallest absolute Gasteiger partial charge is 0.263 e. The number of aromatic nitrogens is 2. The number of hydrogen-bond donors (Lipinski definition) is 2. The lowest BCUT2D eigenvalue weighted by molar-refractivity contribution is 0.0953. The molecule has 0 atom stereocenters. The summed E-state index contributed by atoms with van der Waals surface area (Å²) in [6.45, 7) is 5.27. The van der Waals surface area contributed by atoms with E-state index in [4.69, 9.17) is 0 Å². The third kappa shape index (κ3) is 3.72. The van der Waals surface area contributed by atoms with Gasteiger partial charge in [0.15, 0.2) is 0 Å². The minimum atomic E-state index is -0.347. The number of carbonyl (C=O) groups is 1. The number of anilines is 1. The molecule has 0 unspecified atom stereocenters. The third-order valence-electron chi connectivity index (χ3n) is 3.35. The number of hydrogen-bond acceptors (Lipinski definition) is 4. The molecular weight excluding hydrogens is 280 g/mol. The van der Waals surface area contributed by atoms with Crippen LogP contribution in [0.3, 0.4) is 0 Å². The predicted molar refractivity (Wildman–Crippen MR) is 86.2 cm³/mol. The van der Waals surface area contributed by atoms with Crippen LogP contribution >= 0.6 is 0 Å². The molecule has 2 aromatic rings. The van der Waals surface area contributed by atoms with Gasteiger partial charge < -0.3 is 15.2 Å². The molecular formula is C16H20N4O2. The van der Waals surface area contributed by atoms with Gasteiger partial charge in [-0.05, 0) is 38.1 Å². The van der Waals surface area contributed by atoms with Crippen LogP contribution in [-0.2, 0) is 6.54 Å². The molecule has 6 heteroatoms. The van der Waals surface area contributed by atoms with Crippen LogP contribution in [0, 0.1) is 6.92 Å². The molecule has 0 bridgehead atoms. The van der Waals surface area contributed by atoms with E-state index >= 15 is 0 Å². The Labute approximate surface area is 129 Å². The summed E-state index contributed by atoms with van der Waals surface area (Å²) in [5.74, 6) is -0.347. The standard InChI is InChI=1S/C16H20N4O2/c1-3-20-12(2)6-7-14(16(20)22)15(21)19-10-9-18-13-5-4-8-17-11-13/h4-8,11,18H,3,9-10H2,1-2H3,(H,19,21). The monoisotopic (exact) mass is 300 g/mol. The van der Waals surface area contributed by atoms with Gasteiger partial charge in [-0.1, -0.05) is 0 Å². The summed E-state index contributed by atoms with van der Waals surface area (Å²) in [5.41, 5.74) is 1.66. The number of nitrogens with zero attached hydrogens (tertiary/aromatic N) is 2. The summed E-state index contributed by atoms with van der Waals surface area (Å²) in [6, 6.07) is 7.09. The van der Waals surface area contributed by atoms with Gasteiger partial charge >= 0.3 is 0 Å². The Bertz CT molecular complexity index is 695. The highest BCUT2D eigenvalue weighted by Gasteiger charge is 2.12. The molecule has 0 aromatic carbocycles. The molecule has 6 nitrogen and oxygen atoms in total. The predicted octanol–water partition coefficient (Wildman–Crippen LogP) is 1.41. The van der Waals surface area contributed by atoms with Crippen molar-refractivity contribution in [3.8, 4) is 0 Å². The summed E-state index contributed by atoms with van der Waals surface area (Å²) < 4.78 is 1.59. The number of nitrogens with one attached hydrogen (secondary N) is 2. The topological polar surface area (TPSA) is 76.0 Å². The SMILES string of the molecule is CCn1c(C)ccc(C(=O)NCCNc2cccnc2)c1=O. The zero-order valence-corrected chi connectivity index (χ0v) is 12.8. The summed E-state index contributed by atoms with van der Waals surface area (Å²) >= 11 is 0. The Morgan fingerprint density at radius 2 is 2.09 bits per heavy atom. The van der Waals surface area contributed by atoms with Crippen LogP contribution in [0.5, 0.6) is 0 Å². The Morgan fingerprint density at radius 1 is 1.27 bits per heavy atom. The van der Waals surface area contributed by atoms with E-state index < -0.39 is 0 Å². The fourth-order valence-electron chi connectivity index (χ4n) is 2.18. The second-order valence-electron chi connectivity index (χ2n) is 4.86. The Hall–Kier alpha value is -2.63. The van der Waals surface area contributed by atoms with Crippen LogP contribution in [0.15, 0.2) is 41.5 Å². The van der Waals surface area contributed by atoms with E-state index in [1.54, 1.807) is 29.1 Å². The molecule has 0 saturated carbocycles. The maximum Gasteiger partial charge on any atom is 0.263 e. The molecule has 0 spiro atoms. The molecule has 0 aliphatic carbocycles. The van der Waals surface area contributed by atoms with E-state index in [1.807, 2.05) is 26.0 Å². The van der Waals surface area contributed by atoms with E-state index in [0.717, 1.165) is 11.4 Å². The van der Waals surface area contributed by atoms with Gasteiger partial charge in [-0.15, -0.1) is 0 Å². The van der Waals surface area contributed by atoms with Gasteiger partial charge in [0.1, 0.15) is 5.56 Å². The van der Waals surface area contributed by atoms with E-state index in [-0.39, 0.29) is 17.0 Å². The second kappa shape index (κ2) is 7.40. The van der Waals surface area contributed by atoms with Gasteiger partial charge in [0.25, 0.3) is 11.5 Å². The average Bonchev–Trinajstić information content (AvgIpc) is 2.53. The number of aryl methyl sites for hydroxylation is 1. The fourth-order valence-corrected chi connectivity index (χ4v) is 2.18. The Kier molecular flexibility index (Phi) is 5.30. The van der Waals surface area contributed by atoms with Crippen molar-refractivity contribution in [3.63, 3.8) is 0 Å². The van der Waals surface area contributed by atoms with Crippen LogP contribution in [0.1, 0.15) is 23.0 Å². The van der Waals surface area contributed by atoms with Crippen LogP contribution < -0.4 is 16.2 Å². The lowest BCUT2D eigenvalue weighted by atomic mass is 10.2. The largest absolute Gasteiger partial charge is 0.382 e. The van der Waals surface area contributed by atoms with Gasteiger partial charge in [-0.25, -0.2) is 0 Å². The van der Waals surface area contributed by atoms with Crippen molar-refractivity contribution >= 4 is 11.6 Å². The highest BCUT2D eigenvalue weighted by Crippen LogP contribution is 2.01. The van der Waals surface area contributed by atoms with Crippen LogP contribution in [0.4, 0.5) is 5.69 Å². The number of amides is 1. The first-order chi connectivity index (χ1) is 10.6. The molecule has 0 saturated heterocycles. The van der Waals surface area contributed by atoms with Crippen molar-refractivity contribution in [2.24, 2.45) is 0 Å².